The minimum Gasteiger partial charge on any atom is -0.396 e. The zero-order valence-electron chi connectivity index (χ0n) is 11.6. The molecule has 1 aromatic heterocycles. The summed E-state index contributed by atoms with van der Waals surface area (Å²) in [6.07, 6.45) is 1.49. The van der Waals surface area contributed by atoms with Gasteiger partial charge in [0.1, 0.15) is 5.69 Å². The Morgan fingerprint density at radius 2 is 2.17 bits per heavy atom. The first kappa shape index (κ1) is 14.5. The first-order valence-electron chi connectivity index (χ1n) is 6.30. The van der Waals surface area contributed by atoms with Crippen LogP contribution in [0, 0.1) is 0 Å². The summed E-state index contributed by atoms with van der Waals surface area (Å²) in [5.74, 6) is -0.174. The van der Waals surface area contributed by atoms with Crippen molar-refractivity contribution in [3.8, 4) is 0 Å². The molecule has 0 saturated heterocycles. The van der Waals surface area contributed by atoms with Crippen LogP contribution >= 0.6 is 0 Å². The Labute approximate surface area is 108 Å². The molecule has 1 heterocycles. The molecule has 6 heteroatoms. The van der Waals surface area contributed by atoms with Gasteiger partial charge in [0.05, 0.1) is 11.9 Å². The highest BCUT2D eigenvalue weighted by Gasteiger charge is 2.17. The van der Waals surface area contributed by atoms with Gasteiger partial charge in [-0.3, -0.25) is 9.48 Å². The minimum absolute atomic E-state index is 0.0756. The van der Waals surface area contributed by atoms with E-state index in [2.05, 4.69) is 29.2 Å². The zero-order valence-corrected chi connectivity index (χ0v) is 11.6. The van der Waals surface area contributed by atoms with E-state index in [1.165, 1.54) is 10.9 Å². The molecule has 0 spiro atoms. The van der Waals surface area contributed by atoms with Crippen molar-refractivity contribution in [2.75, 3.05) is 25.4 Å². The molecular formula is C12H23N5O. The van der Waals surface area contributed by atoms with Gasteiger partial charge in [-0.1, -0.05) is 13.8 Å². The second kappa shape index (κ2) is 6.39. The van der Waals surface area contributed by atoms with Crippen molar-refractivity contribution in [3.05, 3.63) is 11.9 Å². The molecule has 0 aliphatic heterocycles. The molecule has 0 aliphatic rings. The standard InChI is InChI=1S/C12H23N5O/c1-5-17(6-2)8-9(3)15-12(18)11-10(13)7-14-16(11)4/h7,9H,5-6,8,13H2,1-4H3,(H,15,18). The maximum absolute atomic E-state index is 12.0. The predicted molar refractivity (Wildman–Crippen MR) is 72.3 cm³/mol. The molecular weight excluding hydrogens is 230 g/mol. The van der Waals surface area contributed by atoms with Gasteiger partial charge in [-0.15, -0.1) is 0 Å². The topological polar surface area (TPSA) is 76.2 Å². The van der Waals surface area contributed by atoms with Crippen molar-refractivity contribution in [1.29, 1.82) is 0 Å². The summed E-state index contributed by atoms with van der Waals surface area (Å²) in [5.41, 5.74) is 6.54. The average molecular weight is 253 g/mol. The lowest BCUT2D eigenvalue weighted by Gasteiger charge is -2.23. The Morgan fingerprint density at radius 3 is 2.61 bits per heavy atom. The molecule has 1 rings (SSSR count). The van der Waals surface area contributed by atoms with Crippen LogP contribution in [0.4, 0.5) is 5.69 Å². The van der Waals surface area contributed by atoms with Gasteiger partial charge in [0.15, 0.2) is 0 Å². The number of anilines is 1. The molecule has 0 bridgehead atoms. The van der Waals surface area contributed by atoms with Crippen LogP contribution in [0.25, 0.3) is 0 Å². The fourth-order valence-electron chi connectivity index (χ4n) is 1.94. The number of carbonyl (C=O) groups is 1. The molecule has 1 atom stereocenters. The van der Waals surface area contributed by atoms with Gasteiger partial charge in [-0.25, -0.2) is 0 Å². The van der Waals surface area contributed by atoms with Crippen molar-refractivity contribution < 1.29 is 4.79 Å². The molecule has 0 aromatic carbocycles. The van der Waals surface area contributed by atoms with Crippen LogP contribution in [0.3, 0.4) is 0 Å². The molecule has 0 radical (unpaired) electrons. The van der Waals surface area contributed by atoms with E-state index in [1.54, 1.807) is 7.05 Å². The van der Waals surface area contributed by atoms with Gasteiger partial charge in [-0.2, -0.15) is 5.10 Å². The minimum atomic E-state index is -0.174. The van der Waals surface area contributed by atoms with Gasteiger partial charge < -0.3 is 16.0 Å². The summed E-state index contributed by atoms with van der Waals surface area (Å²) in [4.78, 5) is 14.3. The second-order valence-electron chi connectivity index (χ2n) is 4.43. The lowest BCUT2D eigenvalue weighted by atomic mass is 10.2. The molecule has 1 unspecified atom stereocenters. The van der Waals surface area contributed by atoms with Crippen LogP contribution in [-0.2, 0) is 7.05 Å². The number of hydrogen-bond acceptors (Lipinski definition) is 4. The molecule has 0 saturated carbocycles. The lowest BCUT2D eigenvalue weighted by molar-refractivity contribution is 0.0921. The van der Waals surface area contributed by atoms with Gasteiger partial charge in [0.25, 0.3) is 5.91 Å². The lowest BCUT2D eigenvalue weighted by Crippen LogP contribution is -2.42. The summed E-state index contributed by atoms with van der Waals surface area (Å²) in [5, 5.41) is 6.90. The number of rotatable bonds is 6. The largest absolute Gasteiger partial charge is 0.396 e. The predicted octanol–water partition coefficient (Wildman–Crippen LogP) is 0.462. The number of amides is 1. The number of nitrogens with two attached hydrogens (primary N) is 1. The molecule has 6 nitrogen and oxygen atoms in total. The van der Waals surface area contributed by atoms with Gasteiger partial charge >= 0.3 is 0 Å². The van der Waals surface area contributed by atoms with Crippen molar-refractivity contribution in [1.82, 2.24) is 20.0 Å². The number of carbonyl (C=O) groups excluding carboxylic acids is 1. The zero-order chi connectivity index (χ0) is 13.7. The number of aromatic nitrogens is 2. The van der Waals surface area contributed by atoms with Crippen LogP contribution in [0.1, 0.15) is 31.3 Å². The second-order valence-corrected chi connectivity index (χ2v) is 4.43. The van der Waals surface area contributed by atoms with Crippen LogP contribution in [0.15, 0.2) is 6.20 Å². The van der Waals surface area contributed by atoms with Gasteiger partial charge in [0.2, 0.25) is 0 Å². The Hall–Kier alpha value is -1.56. The third-order valence-electron chi connectivity index (χ3n) is 2.99. The molecule has 3 N–H and O–H groups in total. The van der Waals surface area contributed by atoms with E-state index in [1.807, 2.05) is 6.92 Å². The summed E-state index contributed by atoms with van der Waals surface area (Å²) in [7, 11) is 1.71. The highest BCUT2D eigenvalue weighted by molar-refractivity contribution is 5.97. The van der Waals surface area contributed by atoms with E-state index < -0.39 is 0 Å². The average Bonchev–Trinajstić information content (AvgIpc) is 2.65. The molecule has 0 fully saturated rings. The van der Waals surface area contributed by atoms with Crippen molar-refractivity contribution in [2.24, 2.45) is 7.05 Å². The van der Waals surface area contributed by atoms with Crippen LogP contribution in [0.5, 0.6) is 0 Å². The maximum atomic E-state index is 12.0. The molecule has 18 heavy (non-hydrogen) atoms. The van der Waals surface area contributed by atoms with Crippen molar-refractivity contribution in [3.63, 3.8) is 0 Å². The maximum Gasteiger partial charge on any atom is 0.271 e. The number of likely N-dealkylation sites (N-methyl/N-ethyl adjacent to an activating group) is 1. The Kier molecular flexibility index (Phi) is 5.15. The number of nitrogen functional groups attached to an aromatic ring is 1. The van der Waals surface area contributed by atoms with E-state index >= 15 is 0 Å². The number of aryl methyl sites for hydroxylation is 1. The Balaban J connectivity index is 2.60. The van der Waals surface area contributed by atoms with E-state index in [0.717, 1.165) is 19.6 Å². The highest BCUT2D eigenvalue weighted by Crippen LogP contribution is 2.09. The SMILES string of the molecule is CCN(CC)CC(C)NC(=O)c1c(N)cnn1C. The number of nitrogens with zero attached hydrogens (tertiary/aromatic N) is 3. The molecule has 102 valence electrons. The monoisotopic (exact) mass is 253 g/mol. The highest BCUT2D eigenvalue weighted by atomic mass is 16.2. The molecule has 0 aliphatic carbocycles. The fraction of sp³-hybridized carbons (Fsp3) is 0.667. The van der Waals surface area contributed by atoms with E-state index in [0.29, 0.717) is 11.4 Å². The van der Waals surface area contributed by atoms with Crippen LogP contribution in [-0.4, -0.2) is 46.3 Å². The van der Waals surface area contributed by atoms with Crippen LogP contribution < -0.4 is 11.1 Å². The summed E-state index contributed by atoms with van der Waals surface area (Å²) in [6.45, 7) is 8.99. The first-order chi connectivity index (χ1) is 8.49. The third kappa shape index (κ3) is 3.46. The van der Waals surface area contributed by atoms with E-state index in [9.17, 15) is 4.79 Å². The Morgan fingerprint density at radius 1 is 1.56 bits per heavy atom. The quantitative estimate of drug-likeness (QED) is 0.772. The summed E-state index contributed by atoms with van der Waals surface area (Å²) in [6, 6.07) is 0.0756. The number of hydrogen-bond donors (Lipinski definition) is 2. The van der Waals surface area contributed by atoms with Crippen LogP contribution in [0.2, 0.25) is 0 Å². The normalized spacial score (nSPS) is 12.7. The Bertz CT molecular complexity index is 378. The van der Waals surface area contributed by atoms with Gasteiger partial charge in [-0.05, 0) is 20.0 Å². The summed E-state index contributed by atoms with van der Waals surface area (Å²) >= 11 is 0. The fourth-order valence-corrected chi connectivity index (χ4v) is 1.94. The first-order valence-corrected chi connectivity index (χ1v) is 6.30. The van der Waals surface area contributed by atoms with Crippen molar-refractivity contribution >= 4 is 11.6 Å². The van der Waals surface area contributed by atoms with E-state index in [-0.39, 0.29) is 11.9 Å². The third-order valence-corrected chi connectivity index (χ3v) is 2.99. The summed E-state index contributed by atoms with van der Waals surface area (Å²) < 4.78 is 1.49. The number of nitrogens with one attached hydrogen (secondary N) is 1. The van der Waals surface area contributed by atoms with Gasteiger partial charge in [0, 0.05) is 19.6 Å². The smallest absolute Gasteiger partial charge is 0.271 e. The van der Waals surface area contributed by atoms with Crippen molar-refractivity contribution in [2.45, 2.75) is 26.8 Å². The van der Waals surface area contributed by atoms with E-state index in [4.69, 9.17) is 5.73 Å². The molecule has 1 amide bonds. The molecule has 1 aromatic rings.